The van der Waals surface area contributed by atoms with Crippen LogP contribution in [0.25, 0.3) is 0 Å². The first-order valence-electron chi connectivity index (χ1n) is 1.73. The van der Waals surface area contributed by atoms with E-state index in [0.717, 1.165) is 0 Å². The van der Waals surface area contributed by atoms with Crippen LogP contribution in [0.2, 0.25) is 0 Å². The maximum atomic E-state index is 10.1. The second-order valence-corrected chi connectivity index (χ2v) is 0.971. The summed E-state index contributed by atoms with van der Waals surface area (Å²) in [5, 5.41) is 5.41. The number of aromatic amines is 1. The third-order valence-electron chi connectivity index (χ3n) is 0.490. The van der Waals surface area contributed by atoms with Gasteiger partial charge in [0.1, 0.15) is 6.20 Å². The van der Waals surface area contributed by atoms with Gasteiger partial charge in [-0.05, 0) is 6.07 Å². The first kappa shape index (κ1) is 4.05. The van der Waals surface area contributed by atoms with Crippen molar-refractivity contribution in [2.24, 2.45) is 0 Å². The molecule has 1 heterocycles. The average molecular weight is 94.1 g/mol. The quantitative estimate of drug-likeness (QED) is 0.465. The van der Waals surface area contributed by atoms with E-state index in [0.29, 0.717) is 0 Å². The first-order valence-corrected chi connectivity index (χ1v) is 1.73. The van der Waals surface area contributed by atoms with Gasteiger partial charge in [0.25, 0.3) is 5.56 Å². The van der Waals surface area contributed by atoms with Crippen LogP contribution in [0, 0.1) is 12.3 Å². The predicted octanol–water partition coefficient (Wildman–Crippen LogP) is -0.630. The fraction of sp³-hybridized carbons (Fsp3) is 0. The number of nitrogens with zero attached hydrogens (tertiary/aromatic N) is 1. The molecule has 3 nitrogen and oxygen atoms in total. The molecule has 1 aromatic heterocycles. The van der Waals surface area contributed by atoms with E-state index in [-0.39, 0.29) is 5.56 Å². The van der Waals surface area contributed by atoms with Crippen molar-refractivity contribution in [2.45, 2.75) is 0 Å². The topological polar surface area (TPSA) is 45.8 Å². The van der Waals surface area contributed by atoms with Gasteiger partial charge >= 0.3 is 0 Å². The SMILES string of the molecule is O=c1[c]c[c]n[nH]1. The molecule has 7 heavy (non-hydrogen) atoms. The van der Waals surface area contributed by atoms with Crippen molar-refractivity contribution >= 4 is 0 Å². The predicted molar refractivity (Wildman–Crippen MR) is 22.5 cm³/mol. The van der Waals surface area contributed by atoms with Gasteiger partial charge in [0.2, 0.25) is 0 Å². The van der Waals surface area contributed by atoms with Crippen molar-refractivity contribution in [2.75, 3.05) is 0 Å². The van der Waals surface area contributed by atoms with E-state index < -0.39 is 0 Å². The molecule has 1 rings (SSSR count). The highest BCUT2D eigenvalue weighted by Crippen LogP contribution is 1.57. The minimum atomic E-state index is -0.321. The maximum absolute atomic E-state index is 10.1. The van der Waals surface area contributed by atoms with E-state index in [1.807, 2.05) is 0 Å². The fourth-order valence-corrected chi connectivity index (χ4v) is 0.245. The van der Waals surface area contributed by atoms with Crippen LogP contribution in [0.4, 0.5) is 0 Å². The molecule has 2 radical (unpaired) electrons. The van der Waals surface area contributed by atoms with Gasteiger partial charge in [-0.1, -0.05) is 0 Å². The van der Waals surface area contributed by atoms with Gasteiger partial charge in [-0.3, -0.25) is 4.79 Å². The summed E-state index contributed by atoms with van der Waals surface area (Å²) in [7, 11) is 0. The smallest absolute Gasteiger partial charge is 0.267 e. The number of hydrogen-bond donors (Lipinski definition) is 1. The Labute approximate surface area is 40.0 Å². The van der Waals surface area contributed by atoms with Crippen molar-refractivity contribution < 1.29 is 0 Å². The molecule has 0 atom stereocenters. The molecule has 0 aliphatic heterocycles. The van der Waals surface area contributed by atoms with Gasteiger partial charge in [0, 0.05) is 0 Å². The molecule has 0 unspecified atom stereocenters. The Hall–Kier alpha value is -1.12. The van der Waals surface area contributed by atoms with Gasteiger partial charge in [-0.2, -0.15) is 5.10 Å². The molecule has 0 saturated carbocycles. The molecule has 0 bridgehead atoms. The highest BCUT2D eigenvalue weighted by Gasteiger charge is 1.72. The Bertz CT molecular complexity index is 175. The number of H-pyrrole nitrogens is 1. The monoisotopic (exact) mass is 94.0 g/mol. The van der Waals surface area contributed by atoms with Gasteiger partial charge in [-0.25, -0.2) is 5.10 Å². The fourth-order valence-electron chi connectivity index (χ4n) is 0.245. The second-order valence-electron chi connectivity index (χ2n) is 0.971. The van der Waals surface area contributed by atoms with Crippen LogP contribution in [0.5, 0.6) is 0 Å². The molecule has 0 saturated heterocycles. The average Bonchev–Trinajstić information content (AvgIpc) is 1.69. The highest BCUT2D eigenvalue weighted by atomic mass is 16.1. The van der Waals surface area contributed by atoms with Crippen LogP contribution in [-0.4, -0.2) is 10.2 Å². The third kappa shape index (κ3) is 0.855. The summed E-state index contributed by atoms with van der Waals surface area (Å²) in [6.07, 6.45) is 2.37. The lowest BCUT2D eigenvalue weighted by Crippen LogP contribution is -2.03. The van der Waals surface area contributed by atoms with Crippen molar-refractivity contribution in [3.63, 3.8) is 0 Å². The Kier molecular flexibility index (Phi) is 0.898. The van der Waals surface area contributed by atoms with Gasteiger partial charge in [0.15, 0.2) is 0 Å². The summed E-state index contributed by atoms with van der Waals surface area (Å²) in [4.78, 5) is 10.1. The van der Waals surface area contributed by atoms with E-state index in [1.54, 1.807) is 0 Å². The molecular weight excluding hydrogens is 92.1 g/mol. The van der Waals surface area contributed by atoms with Crippen molar-refractivity contribution in [3.05, 3.63) is 28.7 Å². The molecule has 1 N–H and O–H groups in total. The summed E-state index contributed by atoms with van der Waals surface area (Å²) < 4.78 is 0. The Morgan fingerprint density at radius 2 is 2.71 bits per heavy atom. The van der Waals surface area contributed by atoms with Crippen LogP contribution < -0.4 is 5.56 Å². The molecule has 1 aromatic rings. The lowest BCUT2D eigenvalue weighted by Gasteiger charge is -1.70. The minimum Gasteiger partial charge on any atom is -0.267 e. The normalized spacial score (nSPS) is 8.57. The van der Waals surface area contributed by atoms with Crippen LogP contribution in [0.3, 0.4) is 0 Å². The first-order chi connectivity index (χ1) is 3.39. The van der Waals surface area contributed by atoms with Gasteiger partial charge in [-0.15, -0.1) is 0 Å². The van der Waals surface area contributed by atoms with Crippen molar-refractivity contribution in [1.29, 1.82) is 0 Å². The summed E-state index contributed by atoms with van der Waals surface area (Å²) >= 11 is 0. The van der Waals surface area contributed by atoms with Gasteiger partial charge in [0.05, 0.1) is 6.07 Å². The molecule has 0 amide bonds. The minimum absolute atomic E-state index is 0.321. The Morgan fingerprint density at radius 1 is 1.86 bits per heavy atom. The number of aromatic nitrogens is 2. The lowest BCUT2D eigenvalue weighted by molar-refractivity contribution is 0.978. The maximum Gasteiger partial charge on any atom is 0.272 e. The number of hydrogen-bond acceptors (Lipinski definition) is 2. The van der Waals surface area contributed by atoms with E-state index in [9.17, 15) is 4.79 Å². The summed E-state index contributed by atoms with van der Waals surface area (Å²) in [5.41, 5.74) is -0.321. The largest absolute Gasteiger partial charge is 0.272 e. The number of nitrogens with one attached hydrogen (secondary N) is 1. The highest BCUT2D eigenvalue weighted by molar-refractivity contribution is 4.76. The van der Waals surface area contributed by atoms with E-state index in [2.05, 4.69) is 22.5 Å². The number of rotatable bonds is 0. The molecule has 0 aromatic carbocycles. The van der Waals surface area contributed by atoms with Crippen molar-refractivity contribution in [3.8, 4) is 0 Å². The summed E-state index contributed by atoms with van der Waals surface area (Å²) in [6, 6.07) is 3.63. The molecular formula is C4H2N2O. The zero-order chi connectivity index (χ0) is 5.11. The van der Waals surface area contributed by atoms with Crippen LogP contribution in [0.1, 0.15) is 0 Å². The molecule has 3 heteroatoms. The van der Waals surface area contributed by atoms with E-state index in [1.165, 1.54) is 6.07 Å². The van der Waals surface area contributed by atoms with Gasteiger partial charge < -0.3 is 0 Å². The zero-order valence-electron chi connectivity index (χ0n) is 3.43. The molecule has 0 aliphatic rings. The Morgan fingerprint density at radius 3 is 3.00 bits per heavy atom. The third-order valence-corrected chi connectivity index (χ3v) is 0.490. The summed E-state index contributed by atoms with van der Waals surface area (Å²) in [6.45, 7) is 0. The zero-order valence-corrected chi connectivity index (χ0v) is 3.43. The molecule has 34 valence electrons. The van der Waals surface area contributed by atoms with Crippen LogP contribution in [0.15, 0.2) is 10.9 Å². The van der Waals surface area contributed by atoms with E-state index in [4.69, 9.17) is 0 Å². The Balaban J connectivity index is 3.28. The standard InChI is InChI=1S/C4H2N2O/c7-4-2-1-3-5-6-4/h1H,(H,6,7). The van der Waals surface area contributed by atoms with Crippen LogP contribution in [-0.2, 0) is 0 Å². The second kappa shape index (κ2) is 1.55. The molecule has 0 aliphatic carbocycles. The molecule has 0 fully saturated rings. The molecule has 0 spiro atoms. The van der Waals surface area contributed by atoms with Crippen LogP contribution >= 0.6 is 0 Å². The van der Waals surface area contributed by atoms with Crippen molar-refractivity contribution in [1.82, 2.24) is 10.2 Å². The summed E-state index contributed by atoms with van der Waals surface area (Å²) in [5.74, 6) is 0. The van der Waals surface area contributed by atoms with E-state index >= 15 is 0 Å². The lowest BCUT2D eigenvalue weighted by atomic mass is 10.6.